The molecule has 7 nitrogen and oxygen atoms in total. The molecular formula is C24H29F2N3O4. The van der Waals surface area contributed by atoms with Gasteiger partial charge in [-0.05, 0) is 61.6 Å². The smallest absolute Gasteiger partial charge is 0.243 e. The Bertz CT molecular complexity index is 920. The minimum Gasteiger partial charge on any atom is -0.356 e. The first-order chi connectivity index (χ1) is 15.9. The van der Waals surface area contributed by atoms with Crippen molar-refractivity contribution in [3.05, 3.63) is 35.4 Å². The first-order valence-corrected chi connectivity index (χ1v) is 11.6. The largest absolute Gasteiger partial charge is 0.356 e. The topological polar surface area (TPSA) is 95.6 Å². The van der Waals surface area contributed by atoms with Gasteiger partial charge in [-0.2, -0.15) is 0 Å². The summed E-state index contributed by atoms with van der Waals surface area (Å²) in [6, 6.07) is 1.72. The van der Waals surface area contributed by atoms with Crippen molar-refractivity contribution < 1.29 is 28.0 Å². The van der Waals surface area contributed by atoms with Crippen molar-refractivity contribution >= 4 is 24.0 Å². The Balaban J connectivity index is 1.42. The SMILES string of the molecule is O=C[C@H](C[C@@H]1CCNC1=O)NC(=O)C1[C@H]2CCC[C@H]2CN1C(=O)CCc1cc(F)cc(F)c1. The fourth-order valence-electron chi connectivity index (χ4n) is 5.64. The van der Waals surface area contributed by atoms with Gasteiger partial charge in [-0.15, -0.1) is 0 Å². The molecule has 2 saturated heterocycles. The van der Waals surface area contributed by atoms with Gasteiger partial charge in [0, 0.05) is 31.5 Å². The van der Waals surface area contributed by atoms with E-state index >= 15 is 0 Å². The van der Waals surface area contributed by atoms with Crippen LogP contribution in [0.5, 0.6) is 0 Å². The Hall–Kier alpha value is -2.84. The summed E-state index contributed by atoms with van der Waals surface area (Å²) in [4.78, 5) is 51.3. The number of aldehydes is 1. The Morgan fingerprint density at radius 3 is 2.61 bits per heavy atom. The molecule has 33 heavy (non-hydrogen) atoms. The van der Waals surface area contributed by atoms with E-state index in [0.29, 0.717) is 31.4 Å². The highest BCUT2D eigenvalue weighted by molar-refractivity contribution is 5.90. The van der Waals surface area contributed by atoms with Crippen LogP contribution < -0.4 is 10.6 Å². The van der Waals surface area contributed by atoms with Gasteiger partial charge < -0.3 is 20.3 Å². The number of fused-ring (bicyclic) bond motifs is 1. The van der Waals surface area contributed by atoms with Crippen LogP contribution >= 0.6 is 0 Å². The molecule has 3 fully saturated rings. The highest BCUT2D eigenvalue weighted by atomic mass is 19.1. The number of nitrogens with zero attached hydrogens (tertiary/aromatic N) is 1. The molecular weight excluding hydrogens is 432 g/mol. The van der Waals surface area contributed by atoms with Gasteiger partial charge in [-0.25, -0.2) is 8.78 Å². The van der Waals surface area contributed by atoms with Crippen LogP contribution in [0.25, 0.3) is 0 Å². The Morgan fingerprint density at radius 1 is 1.18 bits per heavy atom. The number of hydrogen-bond donors (Lipinski definition) is 2. The predicted molar refractivity (Wildman–Crippen MR) is 115 cm³/mol. The molecule has 0 bridgehead atoms. The van der Waals surface area contributed by atoms with Crippen LogP contribution in [0.3, 0.4) is 0 Å². The highest BCUT2D eigenvalue weighted by Gasteiger charge is 2.49. The molecule has 1 saturated carbocycles. The zero-order valence-corrected chi connectivity index (χ0v) is 18.4. The van der Waals surface area contributed by atoms with E-state index < -0.39 is 23.7 Å². The van der Waals surface area contributed by atoms with Crippen LogP contribution in [-0.2, 0) is 25.6 Å². The van der Waals surface area contributed by atoms with E-state index in [2.05, 4.69) is 10.6 Å². The van der Waals surface area contributed by atoms with Gasteiger partial charge in [0.25, 0.3) is 0 Å². The molecule has 3 amide bonds. The quantitative estimate of drug-likeness (QED) is 0.577. The molecule has 9 heteroatoms. The van der Waals surface area contributed by atoms with E-state index in [9.17, 15) is 28.0 Å². The number of rotatable bonds is 8. The second-order valence-corrected chi connectivity index (χ2v) is 9.39. The van der Waals surface area contributed by atoms with Gasteiger partial charge in [-0.1, -0.05) is 6.42 Å². The van der Waals surface area contributed by atoms with Crippen molar-refractivity contribution in [1.29, 1.82) is 0 Å². The lowest BCUT2D eigenvalue weighted by Gasteiger charge is -2.28. The van der Waals surface area contributed by atoms with Crippen LogP contribution in [0.2, 0.25) is 0 Å². The summed E-state index contributed by atoms with van der Waals surface area (Å²) in [6.45, 7) is 1.03. The third-order valence-corrected chi connectivity index (χ3v) is 7.22. The van der Waals surface area contributed by atoms with Crippen molar-refractivity contribution in [3.63, 3.8) is 0 Å². The molecule has 0 radical (unpaired) electrons. The van der Waals surface area contributed by atoms with Crippen molar-refractivity contribution in [1.82, 2.24) is 15.5 Å². The molecule has 1 aromatic rings. The first-order valence-electron chi connectivity index (χ1n) is 11.6. The van der Waals surface area contributed by atoms with Gasteiger partial charge >= 0.3 is 0 Å². The number of benzene rings is 1. The monoisotopic (exact) mass is 461 g/mol. The van der Waals surface area contributed by atoms with E-state index in [-0.39, 0.29) is 54.7 Å². The number of halogens is 2. The van der Waals surface area contributed by atoms with E-state index in [1.807, 2.05) is 0 Å². The maximum absolute atomic E-state index is 13.5. The number of carbonyl (C=O) groups excluding carboxylic acids is 4. The summed E-state index contributed by atoms with van der Waals surface area (Å²) in [5.74, 6) is -2.17. The molecule has 1 aliphatic carbocycles. The number of likely N-dealkylation sites (tertiary alicyclic amines) is 1. The predicted octanol–water partition coefficient (Wildman–Crippen LogP) is 1.73. The van der Waals surface area contributed by atoms with Crippen molar-refractivity contribution in [3.8, 4) is 0 Å². The molecule has 0 spiro atoms. The molecule has 178 valence electrons. The number of amides is 3. The van der Waals surface area contributed by atoms with Gasteiger partial charge in [0.15, 0.2) is 0 Å². The van der Waals surface area contributed by atoms with Crippen LogP contribution in [0, 0.1) is 29.4 Å². The fraction of sp³-hybridized carbons (Fsp3) is 0.583. The molecule has 3 aliphatic rings. The molecule has 1 unspecified atom stereocenters. The zero-order chi connectivity index (χ0) is 23.5. The average Bonchev–Trinajstić information content (AvgIpc) is 3.47. The number of aryl methyl sites for hydroxylation is 1. The summed E-state index contributed by atoms with van der Waals surface area (Å²) < 4.78 is 26.9. The Kier molecular flexibility index (Phi) is 7.05. The summed E-state index contributed by atoms with van der Waals surface area (Å²) in [5, 5.41) is 5.49. The average molecular weight is 462 g/mol. The van der Waals surface area contributed by atoms with Gasteiger partial charge in [0.05, 0.1) is 6.04 Å². The summed E-state index contributed by atoms with van der Waals surface area (Å²) >= 11 is 0. The minimum atomic E-state index is -0.793. The molecule has 0 aromatic heterocycles. The second kappa shape index (κ2) is 9.97. The van der Waals surface area contributed by atoms with Crippen LogP contribution in [0.4, 0.5) is 8.78 Å². The first kappa shape index (κ1) is 23.3. The molecule has 2 aliphatic heterocycles. The third-order valence-electron chi connectivity index (χ3n) is 7.22. The maximum Gasteiger partial charge on any atom is 0.243 e. The Labute approximate surface area is 191 Å². The second-order valence-electron chi connectivity index (χ2n) is 9.39. The van der Waals surface area contributed by atoms with Crippen molar-refractivity contribution in [2.24, 2.45) is 17.8 Å². The maximum atomic E-state index is 13.5. The molecule has 1 aromatic carbocycles. The van der Waals surface area contributed by atoms with Gasteiger partial charge in [-0.3, -0.25) is 14.4 Å². The summed E-state index contributed by atoms with van der Waals surface area (Å²) in [5.41, 5.74) is 0.386. The summed E-state index contributed by atoms with van der Waals surface area (Å²) in [6.07, 6.45) is 4.47. The molecule has 2 heterocycles. The number of hydrogen-bond acceptors (Lipinski definition) is 4. The number of carbonyl (C=O) groups is 4. The minimum absolute atomic E-state index is 0.0302. The lowest BCUT2D eigenvalue weighted by molar-refractivity contribution is -0.140. The number of nitrogens with one attached hydrogen (secondary N) is 2. The van der Waals surface area contributed by atoms with Gasteiger partial charge in [0.2, 0.25) is 17.7 Å². The van der Waals surface area contributed by atoms with E-state index in [1.165, 1.54) is 12.1 Å². The third kappa shape index (κ3) is 5.23. The molecule has 4 rings (SSSR count). The highest BCUT2D eigenvalue weighted by Crippen LogP contribution is 2.42. The standard InChI is InChI=1S/C24H29F2N3O4/c25-17-8-14(9-18(26)11-17)4-5-21(31)29-12-16-2-1-3-20(16)22(29)24(33)28-19(13-30)10-15-6-7-27-23(15)32/h8-9,11,13,15-16,19-20,22H,1-7,10,12H2,(H,27,32)(H,28,33)/t15-,16-,19-,20-,22?/m0/s1. The van der Waals surface area contributed by atoms with E-state index in [0.717, 1.165) is 25.3 Å². The normalized spacial score (nSPS) is 27.2. The van der Waals surface area contributed by atoms with Crippen LogP contribution in [0.15, 0.2) is 18.2 Å². The zero-order valence-electron chi connectivity index (χ0n) is 18.4. The van der Waals surface area contributed by atoms with E-state index in [4.69, 9.17) is 0 Å². The van der Waals surface area contributed by atoms with Crippen LogP contribution in [-0.4, -0.2) is 54.1 Å². The van der Waals surface area contributed by atoms with Crippen molar-refractivity contribution in [2.45, 2.75) is 57.0 Å². The molecule has 2 N–H and O–H groups in total. The molecule has 5 atom stereocenters. The van der Waals surface area contributed by atoms with Gasteiger partial charge in [0.1, 0.15) is 24.0 Å². The Morgan fingerprint density at radius 2 is 1.94 bits per heavy atom. The fourth-order valence-corrected chi connectivity index (χ4v) is 5.64. The van der Waals surface area contributed by atoms with E-state index in [1.54, 1.807) is 4.90 Å². The lowest BCUT2D eigenvalue weighted by atomic mass is 9.92. The lowest BCUT2D eigenvalue weighted by Crippen LogP contribution is -2.52. The van der Waals surface area contributed by atoms with Crippen molar-refractivity contribution in [2.75, 3.05) is 13.1 Å². The van der Waals surface area contributed by atoms with Crippen LogP contribution in [0.1, 0.15) is 44.1 Å². The summed E-state index contributed by atoms with van der Waals surface area (Å²) in [7, 11) is 0.